The van der Waals surface area contributed by atoms with E-state index in [0.717, 1.165) is 42.0 Å². The highest BCUT2D eigenvalue weighted by Gasteiger charge is 2.45. The molecule has 4 rings (SSSR count). The fourth-order valence-corrected chi connectivity index (χ4v) is 4.86. The van der Waals surface area contributed by atoms with Gasteiger partial charge in [0.05, 0.1) is 6.61 Å². The smallest absolute Gasteiger partial charge is 0.132 e. The maximum atomic E-state index is 6.56. The molecular formula is C34H45NO3. The summed E-state index contributed by atoms with van der Waals surface area (Å²) in [6.07, 6.45) is 1.65. The molecule has 1 aliphatic rings. The zero-order valence-electron chi connectivity index (χ0n) is 24.3. The van der Waals surface area contributed by atoms with Crippen molar-refractivity contribution in [2.75, 3.05) is 11.9 Å². The van der Waals surface area contributed by atoms with Crippen molar-refractivity contribution in [3.05, 3.63) is 94.5 Å². The van der Waals surface area contributed by atoms with Gasteiger partial charge in [0.25, 0.3) is 0 Å². The summed E-state index contributed by atoms with van der Waals surface area (Å²) in [4.78, 5) is 0. The minimum absolute atomic E-state index is 0.156. The molecule has 0 bridgehead atoms. The van der Waals surface area contributed by atoms with Gasteiger partial charge in [-0.15, -0.1) is 0 Å². The molecule has 0 spiro atoms. The summed E-state index contributed by atoms with van der Waals surface area (Å²) in [5.74, 6) is 0.867. The molecule has 0 saturated heterocycles. The van der Waals surface area contributed by atoms with Crippen molar-refractivity contribution in [3.8, 4) is 5.75 Å². The van der Waals surface area contributed by atoms with Crippen LogP contribution >= 0.6 is 0 Å². The number of unbranched alkanes of at least 4 members (excludes halogenated alkanes) is 1. The highest BCUT2D eigenvalue weighted by Crippen LogP contribution is 2.44. The number of fused-ring (bicyclic) bond motifs is 1. The molecule has 1 aliphatic heterocycles. The Morgan fingerprint density at radius 1 is 0.895 bits per heavy atom. The second-order valence-electron chi connectivity index (χ2n) is 12.1. The van der Waals surface area contributed by atoms with Gasteiger partial charge >= 0.3 is 0 Å². The molecule has 0 radical (unpaired) electrons. The Morgan fingerprint density at radius 3 is 2.24 bits per heavy atom. The topological polar surface area (TPSA) is 39.7 Å². The summed E-state index contributed by atoms with van der Waals surface area (Å²) in [5, 5.41) is 3.60. The lowest BCUT2D eigenvalue weighted by molar-refractivity contribution is -0.167. The van der Waals surface area contributed by atoms with E-state index in [1.807, 2.05) is 0 Å². The zero-order chi connectivity index (χ0) is 27.3. The highest BCUT2D eigenvalue weighted by atomic mass is 16.6. The van der Waals surface area contributed by atoms with Crippen LogP contribution in [-0.4, -0.2) is 18.3 Å². The van der Waals surface area contributed by atoms with Crippen LogP contribution in [-0.2, 0) is 28.0 Å². The van der Waals surface area contributed by atoms with Gasteiger partial charge in [-0.2, -0.15) is 0 Å². The molecule has 2 atom stereocenters. The van der Waals surface area contributed by atoms with Crippen LogP contribution in [0, 0.1) is 6.92 Å². The lowest BCUT2D eigenvalue weighted by atomic mass is 9.87. The van der Waals surface area contributed by atoms with E-state index < -0.39 is 5.60 Å². The van der Waals surface area contributed by atoms with Crippen molar-refractivity contribution in [1.29, 1.82) is 0 Å². The van der Waals surface area contributed by atoms with Crippen LogP contribution in [0.5, 0.6) is 5.75 Å². The van der Waals surface area contributed by atoms with Gasteiger partial charge in [0.1, 0.15) is 23.6 Å². The SMILES string of the molecule is CCCCOC1c2cc(NCc3ccc(C(C)(C)C)cc3)ccc2OC(C)(C)C1OCc1ccc(C)cc1. The summed E-state index contributed by atoms with van der Waals surface area (Å²) in [7, 11) is 0. The molecule has 3 aromatic carbocycles. The lowest BCUT2D eigenvalue weighted by Gasteiger charge is -2.44. The second kappa shape index (κ2) is 11.9. The van der Waals surface area contributed by atoms with Crippen molar-refractivity contribution in [3.63, 3.8) is 0 Å². The first kappa shape index (κ1) is 28.2. The Balaban J connectivity index is 1.54. The summed E-state index contributed by atoms with van der Waals surface area (Å²) in [6.45, 7) is 17.2. The molecule has 1 N–H and O–H groups in total. The average molecular weight is 516 g/mol. The lowest BCUT2D eigenvalue weighted by Crippen LogP contribution is -2.51. The first-order chi connectivity index (χ1) is 18.1. The van der Waals surface area contributed by atoms with Crippen molar-refractivity contribution in [1.82, 2.24) is 0 Å². The molecule has 0 amide bonds. The van der Waals surface area contributed by atoms with E-state index in [2.05, 4.69) is 121 Å². The number of ether oxygens (including phenoxy) is 3. The third-order valence-electron chi connectivity index (χ3n) is 7.31. The van der Waals surface area contributed by atoms with E-state index in [1.54, 1.807) is 0 Å². The van der Waals surface area contributed by atoms with Gasteiger partial charge in [0.2, 0.25) is 0 Å². The van der Waals surface area contributed by atoms with Gasteiger partial charge in [0.15, 0.2) is 0 Å². The van der Waals surface area contributed by atoms with Crippen LogP contribution in [0.4, 0.5) is 5.69 Å². The monoisotopic (exact) mass is 515 g/mol. The molecule has 2 unspecified atom stereocenters. The normalized spacial score (nSPS) is 18.5. The van der Waals surface area contributed by atoms with E-state index in [4.69, 9.17) is 14.2 Å². The molecule has 3 aromatic rings. The minimum Gasteiger partial charge on any atom is -0.485 e. The van der Waals surface area contributed by atoms with Crippen LogP contribution in [0.1, 0.15) is 88.3 Å². The quantitative estimate of drug-likeness (QED) is 0.275. The predicted molar refractivity (Wildman–Crippen MR) is 157 cm³/mol. The predicted octanol–water partition coefficient (Wildman–Crippen LogP) is 8.52. The van der Waals surface area contributed by atoms with Gasteiger partial charge in [-0.1, -0.05) is 88.2 Å². The molecular weight excluding hydrogens is 470 g/mol. The summed E-state index contributed by atoms with van der Waals surface area (Å²) >= 11 is 0. The summed E-state index contributed by atoms with van der Waals surface area (Å²) in [5.41, 5.74) is 6.71. The van der Waals surface area contributed by atoms with E-state index in [0.29, 0.717) is 13.2 Å². The van der Waals surface area contributed by atoms with Crippen molar-refractivity contribution in [2.24, 2.45) is 0 Å². The van der Waals surface area contributed by atoms with Gasteiger partial charge < -0.3 is 19.5 Å². The molecule has 0 aromatic heterocycles. The van der Waals surface area contributed by atoms with E-state index >= 15 is 0 Å². The Bertz CT molecular complexity index is 1180. The number of hydrogen-bond acceptors (Lipinski definition) is 4. The van der Waals surface area contributed by atoms with Crippen molar-refractivity contribution >= 4 is 5.69 Å². The third kappa shape index (κ3) is 6.98. The second-order valence-corrected chi connectivity index (χ2v) is 12.1. The van der Waals surface area contributed by atoms with Crippen LogP contribution in [0.3, 0.4) is 0 Å². The van der Waals surface area contributed by atoms with E-state index in [-0.39, 0.29) is 17.6 Å². The molecule has 4 heteroatoms. The number of benzene rings is 3. The van der Waals surface area contributed by atoms with Crippen LogP contribution in [0.25, 0.3) is 0 Å². The molecule has 0 fully saturated rings. The Kier molecular flexibility index (Phi) is 8.85. The van der Waals surface area contributed by atoms with Crippen molar-refractivity contribution < 1.29 is 14.2 Å². The number of aryl methyl sites for hydroxylation is 1. The first-order valence-electron chi connectivity index (χ1n) is 14.0. The van der Waals surface area contributed by atoms with Crippen LogP contribution in [0.15, 0.2) is 66.7 Å². The maximum Gasteiger partial charge on any atom is 0.132 e. The van der Waals surface area contributed by atoms with Gasteiger partial charge in [-0.3, -0.25) is 0 Å². The Labute approximate surface area is 229 Å². The molecule has 1 heterocycles. The van der Waals surface area contributed by atoms with Crippen LogP contribution in [0.2, 0.25) is 0 Å². The minimum atomic E-state index is -0.529. The first-order valence-corrected chi connectivity index (χ1v) is 14.0. The van der Waals surface area contributed by atoms with E-state index in [1.165, 1.54) is 16.7 Å². The fourth-order valence-electron chi connectivity index (χ4n) is 4.86. The van der Waals surface area contributed by atoms with Crippen LogP contribution < -0.4 is 10.1 Å². The number of hydrogen-bond donors (Lipinski definition) is 1. The molecule has 0 saturated carbocycles. The molecule has 4 nitrogen and oxygen atoms in total. The maximum absolute atomic E-state index is 6.56. The molecule has 38 heavy (non-hydrogen) atoms. The molecule has 0 aliphatic carbocycles. The largest absolute Gasteiger partial charge is 0.485 e. The van der Waals surface area contributed by atoms with E-state index in [9.17, 15) is 0 Å². The Hall–Kier alpha value is -2.82. The summed E-state index contributed by atoms with van der Waals surface area (Å²) < 4.78 is 19.6. The standard InChI is InChI=1S/C34H45NO3/c1-8-9-20-36-31-29-21-28(35-22-25-14-16-27(17-15-25)33(3,4)5)18-19-30(29)38-34(6,7)32(31)37-23-26-12-10-24(2)11-13-26/h10-19,21,31-32,35H,8-9,20,22-23H2,1-7H3. The average Bonchev–Trinajstić information content (AvgIpc) is 2.87. The van der Waals surface area contributed by atoms with Gasteiger partial charge in [-0.25, -0.2) is 0 Å². The number of rotatable bonds is 10. The number of anilines is 1. The molecule has 204 valence electrons. The third-order valence-corrected chi connectivity index (χ3v) is 7.31. The summed E-state index contributed by atoms with van der Waals surface area (Å²) in [6, 6.07) is 23.7. The number of nitrogens with one attached hydrogen (secondary N) is 1. The van der Waals surface area contributed by atoms with Crippen molar-refractivity contribution in [2.45, 2.75) is 97.7 Å². The highest BCUT2D eigenvalue weighted by molar-refractivity contribution is 5.54. The Morgan fingerprint density at radius 2 is 1.58 bits per heavy atom. The van der Waals surface area contributed by atoms with Gasteiger partial charge in [-0.05, 0) is 67.5 Å². The van der Waals surface area contributed by atoms with Gasteiger partial charge in [0, 0.05) is 24.4 Å². The zero-order valence-corrected chi connectivity index (χ0v) is 24.3. The fraction of sp³-hybridized carbons (Fsp3) is 0.471.